The third-order valence-corrected chi connectivity index (χ3v) is 2.54. The molecule has 2 heterocycles. The molecule has 5 heteroatoms. The maximum atomic E-state index is 12.8. The third kappa shape index (κ3) is 3.35. The van der Waals surface area contributed by atoms with Gasteiger partial charge < -0.3 is 9.88 Å². The smallest absolute Gasteiger partial charge is 0.141 e. The highest BCUT2D eigenvalue weighted by atomic mass is 19.1. The number of imidazole rings is 1. The van der Waals surface area contributed by atoms with E-state index in [4.69, 9.17) is 0 Å². The molecule has 0 atom stereocenters. The molecule has 0 spiro atoms. The summed E-state index contributed by atoms with van der Waals surface area (Å²) in [5.41, 5.74) is 0.852. The summed E-state index contributed by atoms with van der Waals surface area (Å²) in [6.45, 7) is 1.43. The van der Waals surface area contributed by atoms with Gasteiger partial charge in [0, 0.05) is 45.1 Å². The second-order valence-corrected chi connectivity index (χ2v) is 3.89. The Kier molecular flexibility index (Phi) is 3.82. The predicted octanol–water partition coefficient (Wildman–Crippen LogP) is 1.29. The Morgan fingerprint density at radius 3 is 3.00 bits per heavy atom. The number of hydrogen-bond acceptors (Lipinski definition) is 3. The Bertz CT molecular complexity index is 481. The highest BCUT2D eigenvalue weighted by molar-refractivity contribution is 5.09. The molecule has 0 unspecified atom stereocenters. The number of halogens is 1. The summed E-state index contributed by atoms with van der Waals surface area (Å²) in [5, 5.41) is 3.23. The minimum Gasteiger partial charge on any atom is -0.338 e. The lowest BCUT2D eigenvalue weighted by Crippen LogP contribution is -2.18. The average molecular weight is 234 g/mol. The number of aryl methyl sites for hydroxylation is 1. The van der Waals surface area contributed by atoms with Crippen LogP contribution in [0.25, 0.3) is 0 Å². The molecular formula is C12H15FN4. The van der Waals surface area contributed by atoms with Gasteiger partial charge in [-0.2, -0.15) is 0 Å². The Morgan fingerprint density at radius 2 is 2.29 bits per heavy atom. The van der Waals surface area contributed by atoms with Gasteiger partial charge in [0.15, 0.2) is 0 Å². The first-order valence-corrected chi connectivity index (χ1v) is 5.52. The van der Waals surface area contributed by atoms with E-state index < -0.39 is 0 Å². The van der Waals surface area contributed by atoms with Crippen molar-refractivity contribution < 1.29 is 4.39 Å². The van der Waals surface area contributed by atoms with E-state index >= 15 is 0 Å². The number of nitrogens with zero attached hydrogens (tertiary/aromatic N) is 3. The molecule has 2 aromatic rings. The van der Waals surface area contributed by atoms with Gasteiger partial charge in [-0.25, -0.2) is 9.37 Å². The van der Waals surface area contributed by atoms with Gasteiger partial charge in [0.2, 0.25) is 0 Å². The maximum absolute atomic E-state index is 12.8. The highest BCUT2D eigenvalue weighted by Crippen LogP contribution is 2.00. The molecular weight excluding hydrogens is 219 g/mol. The van der Waals surface area contributed by atoms with Crippen LogP contribution in [0.3, 0.4) is 0 Å². The zero-order chi connectivity index (χ0) is 12.1. The standard InChI is InChI=1S/C12H15FN4/c1-17-5-4-16-12(17)2-3-14-7-10-6-11(13)9-15-8-10/h4-6,8-9,14H,2-3,7H2,1H3. The summed E-state index contributed by atoms with van der Waals surface area (Å²) >= 11 is 0. The molecule has 2 aromatic heterocycles. The summed E-state index contributed by atoms with van der Waals surface area (Å²) in [6.07, 6.45) is 7.43. The van der Waals surface area contributed by atoms with Crippen molar-refractivity contribution in [1.29, 1.82) is 0 Å². The summed E-state index contributed by atoms with van der Waals surface area (Å²) in [5.74, 6) is 0.739. The minimum absolute atomic E-state index is 0.298. The van der Waals surface area contributed by atoms with E-state index in [0.29, 0.717) is 6.54 Å². The molecule has 0 aliphatic carbocycles. The van der Waals surface area contributed by atoms with Crippen molar-refractivity contribution in [2.75, 3.05) is 6.54 Å². The fourth-order valence-corrected chi connectivity index (χ4v) is 1.62. The molecule has 0 fully saturated rings. The second-order valence-electron chi connectivity index (χ2n) is 3.89. The Morgan fingerprint density at radius 1 is 1.41 bits per heavy atom. The summed E-state index contributed by atoms with van der Waals surface area (Å²) in [4.78, 5) is 8.02. The lowest BCUT2D eigenvalue weighted by molar-refractivity contribution is 0.610. The molecule has 1 N–H and O–H groups in total. The number of aromatic nitrogens is 3. The van der Waals surface area contributed by atoms with E-state index in [0.717, 1.165) is 24.4 Å². The van der Waals surface area contributed by atoms with Crippen molar-refractivity contribution in [3.8, 4) is 0 Å². The maximum Gasteiger partial charge on any atom is 0.141 e. The van der Waals surface area contributed by atoms with Crippen LogP contribution >= 0.6 is 0 Å². The van der Waals surface area contributed by atoms with Crippen LogP contribution in [0.5, 0.6) is 0 Å². The average Bonchev–Trinajstić information content (AvgIpc) is 2.71. The summed E-state index contributed by atoms with van der Waals surface area (Å²) < 4.78 is 14.8. The van der Waals surface area contributed by atoms with Gasteiger partial charge in [0.25, 0.3) is 0 Å². The molecule has 0 radical (unpaired) electrons. The van der Waals surface area contributed by atoms with Crippen molar-refractivity contribution in [2.45, 2.75) is 13.0 Å². The first-order chi connectivity index (χ1) is 8.25. The normalized spacial score (nSPS) is 10.7. The van der Waals surface area contributed by atoms with Gasteiger partial charge in [-0.3, -0.25) is 4.98 Å². The molecule has 0 aromatic carbocycles. The molecule has 0 aliphatic rings. The van der Waals surface area contributed by atoms with Crippen LogP contribution < -0.4 is 5.32 Å². The van der Waals surface area contributed by atoms with Gasteiger partial charge in [-0.05, 0) is 11.6 Å². The monoisotopic (exact) mass is 234 g/mol. The van der Waals surface area contributed by atoms with Gasteiger partial charge in [-0.15, -0.1) is 0 Å². The quantitative estimate of drug-likeness (QED) is 0.793. The van der Waals surface area contributed by atoms with E-state index in [9.17, 15) is 4.39 Å². The molecule has 0 saturated heterocycles. The van der Waals surface area contributed by atoms with Crippen LogP contribution in [-0.4, -0.2) is 21.1 Å². The van der Waals surface area contributed by atoms with Crippen molar-refractivity contribution in [2.24, 2.45) is 7.05 Å². The first-order valence-electron chi connectivity index (χ1n) is 5.52. The number of hydrogen-bond donors (Lipinski definition) is 1. The molecule has 90 valence electrons. The SMILES string of the molecule is Cn1ccnc1CCNCc1cncc(F)c1. The minimum atomic E-state index is -0.298. The highest BCUT2D eigenvalue weighted by Gasteiger charge is 1.99. The largest absolute Gasteiger partial charge is 0.338 e. The van der Waals surface area contributed by atoms with Crippen LogP contribution in [0.2, 0.25) is 0 Å². The van der Waals surface area contributed by atoms with Crippen LogP contribution in [0, 0.1) is 5.82 Å². The number of pyridine rings is 1. The molecule has 0 aliphatic heterocycles. The zero-order valence-corrected chi connectivity index (χ0v) is 9.73. The van der Waals surface area contributed by atoms with Gasteiger partial charge in [0.1, 0.15) is 11.6 Å². The molecule has 0 saturated carbocycles. The van der Waals surface area contributed by atoms with Gasteiger partial charge >= 0.3 is 0 Å². The lowest BCUT2D eigenvalue weighted by atomic mass is 10.3. The first kappa shape index (κ1) is 11.7. The summed E-state index contributed by atoms with van der Waals surface area (Å²) in [7, 11) is 1.97. The Labute approximate surface area is 99.5 Å². The molecule has 17 heavy (non-hydrogen) atoms. The number of nitrogens with one attached hydrogen (secondary N) is 1. The van der Waals surface area contributed by atoms with Crippen molar-refractivity contribution in [3.63, 3.8) is 0 Å². The second kappa shape index (κ2) is 5.54. The molecule has 0 bridgehead atoms. The van der Waals surface area contributed by atoms with Crippen LogP contribution in [0.1, 0.15) is 11.4 Å². The topological polar surface area (TPSA) is 42.7 Å². The van der Waals surface area contributed by atoms with Crippen molar-refractivity contribution in [1.82, 2.24) is 19.9 Å². The number of rotatable bonds is 5. The molecule has 2 rings (SSSR count). The van der Waals surface area contributed by atoms with E-state index in [1.54, 1.807) is 12.4 Å². The van der Waals surface area contributed by atoms with Crippen LogP contribution in [0.4, 0.5) is 4.39 Å². The van der Waals surface area contributed by atoms with Gasteiger partial charge in [-0.1, -0.05) is 0 Å². The van der Waals surface area contributed by atoms with E-state index in [1.165, 1.54) is 12.3 Å². The molecule has 0 amide bonds. The fraction of sp³-hybridized carbons (Fsp3) is 0.333. The Hall–Kier alpha value is -1.75. The van der Waals surface area contributed by atoms with Crippen LogP contribution in [0.15, 0.2) is 30.9 Å². The van der Waals surface area contributed by atoms with E-state index in [2.05, 4.69) is 15.3 Å². The zero-order valence-electron chi connectivity index (χ0n) is 9.73. The fourth-order valence-electron chi connectivity index (χ4n) is 1.62. The third-order valence-electron chi connectivity index (χ3n) is 2.54. The van der Waals surface area contributed by atoms with Crippen LogP contribution in [-0.2, 0) is 20.0 Å². The van der Waals surface area contributed by atoms with E-state index in [-0.39, 0.29) is 5.82 Å². The lowest BCUT2D eigenvalue weighted by Gasteiger charge is -2.05. The van der Waals surface area contributed by atoms with Crippen molar-refractivity contribution >= 4 is 0 Å². The van der Waals surface area contributed by atoms with Crippen molar-refractivity contribution in [3.05, 3.63) is 48.1 Å². The summed E-state index contributed by atoms with van der Waals surface area (Å²) in [6, 6.07) is 1.49. The Balaban J connectivity index is 1.75. The molecule has 4 nitrogen and oxygen atoms in total. The predicted molar refractivity (Wildman–Crippen MR) is 62.8 cm³/mol. The van der Waals surface area contributed by atoms with Gasteiger partial charge in [0.05, 0.1) is 6.20 Å². The van der Waals surface area contributed by atoms with E-state index in [1.807, 2.05) is 17.8 Å².